The van der Waals surface area contributed by atoms with Crippen molar-refractivity contribution in [2.24, 2.45) is 5.73 Å². The minimum atomic E-state index is -0.227. The van der Waals surface area contributed by atoms with Crippen molar-refractivity contribution in [1.82, 2.24) is 0 Å². The van der Waals surface area contributed by atoms with Crippen molar-refractivity contribution >= 4 is 0 Å². The minimum absolute atomic E-state index is 0.0615. The average Bonchev–Trinajstić information content (AvgIpc) is 2.49. The number of halogens is 1. The Balaban J connectivity index is 2.59. The molecule has 0 heterocycles. The van der Waals surface area contributed by atoms with Crippen LogP contribution in [0, 0.1) is 5.82 Å². The molecule has 0 saturated carbocycles. The Bertz CT molecular complexity index is 379. The molecule has 0 fully saturated rings. The number of nitrogens with two attached hydrogens (primary N) is 1. The van der Waals surface area contributed by atoms with Gasteiger partial charge in [-0.15, -0.1) is 0 Å². The molecule has 0 bridgehead atoms. The van der Waals surface area contributed by atoms with Gasteiger partial charge in [0, 0.05) is 6.04 Å². The largest absolute Gasteiger partial charge is 0.369 e. The van der Waals surface area contributed by atoms with Gasteiger partial charge in [-0.1, -0.05) is 51.7 Å². The summed E-state index contributed by atoms with van der Waals surface area (Å²) >= 11 is 0. The van der Waals surface area contributed by atoms with Crippen LogP contribution < -0.4 is 5.73 Å². The molecular formula is C18H30FNO. The maximum absolute atomic E-state index is 13.1. The predicted octanol–water partition coefficient (Wildman–Crippen LogP) is 4.98. The van der Waals surface area contributed by atoms with Crippen molar-refractivity contribution in [1.29, 1.82) is 0 Å². The Morgan fingerprint density at radius 2 is 1.76 bits per heavy atom. The monoisotopic (exact) mass is 295 g/mol. The fraction of sp³-hybridized carbons (Fsp3) is 0.667. The van der Waals surface area contributed by atoms with Crippen molar-refractivity contribution < 1.29 is 9.13 Å². The lowest BCUT2D eigenvalue weighted by atomic mass is 10.00. The standard InChI is InChI=1S/C18H30FNO/c1-4-6-7-8-9-14(3)21-18(17(20)5-2)15-10-12-16(19)13-11-15/h10-14,17-18H,4-9,20H2,1-3H3. The molecule has 0 aliphatic rings. The molecule has 2 nitrogen and oxygen atoms in total. The van der Waals surface area contributed by atoms with Gasteiger partial charge in [-0.25, -0.2) is 4.39 Å². The molecule has 3 atom stereocenters. The van der Waals surface area contributed by atoms with Crippen LogP contribution in [0.5, 0.6) is 0 Å². The van der Waals surface area contributed by atoms with Gasteiger partial charge < -0.3 is 10.5 Å². The summed E-state index contributed by atoms with van der Waals surface area (Å²) in [6, 6.07) is 6.44. The summed E-state index contributed by atoms with van der Waals surface area (Å²) in [5, 5.41) is 0. The van der Waals surface area contributed by atoms with Crippen LogP contribution in [0.1, 0.15) is 71.0 Å². The van der Waals surface area contributed by atoms with Gasteiger partial charge in [-0.05, 0) is 37.5 Å². The summed E-state index contributed by atoms with van der Waals surface area (Å²) < 4.78 is 19.2. The molecule has 3 unspecified atom stereocenters. The first-order chi connectivity index (χ1) is 10.1. The van der Waals surface area contributed by atoms with E-state index in [1.807, 2.05) is 0 Å². The molecule has 21 heavy (non-hydrogen) atoms. The molecular weight excluding hydrogens is 265 g/mol. The van der Waals surface area contributed by atoms with E-state index in [2.05, 4.69) is 20.8 Å². The molecule has 0 aliphatic heterocycles. The van der Waals surface area contributed by atoms with E-state index in [4.69, 9.17) is 10.5 Å². The van der Waals surface area contributed by atoms with Crippen LogP contribution in [0.4, 0.5) is 4.39 Å². The zero-order chi connectivity index (χ0) is 15.7. The highest BCUT2D eigenvalue weighted by Crippen LogP contribution is 2.25. The first-order valence-corrected chi connectivity index (χ1v) is 8.25. The predicted molar refractivity (Wildman–Crippen MR) is 86.7 cm³/mol. The van der Waals surface area contributed by atoms with Crippen molar-refractivity contribution in [2.45, 2.75) is 77.5 Å². The van der Waals surface area contributed by atoms with Gasteiger partial charge in [0.05, 0.1) is 12.2 Å². The summed E-state index contributed by atoms with van der Waals surface area (Å²) in [5.74, 6) is -0.227. The smallest absolute Gasteiger partial charge is 0.123 e. The van der Waals surface area contributed by atoms with E-state index in [0.717, 1.165) is 18.4 Å². The average molecular weight is 295 g/mol. The number of hydrogen-bond donors (Lipinski definition) is 1. The van der Waals surface area contributed by atoms with E-state index in [0.29, 0.717) is 0 Å². The molecule has 1 aromatic carbocycles. The van der Waals surface area contributed by atoms with E-state index in [1.54, 1.807) is 12.1 Å². The van der Waals surface area contributed by atoms with Crippen LogP contribution in [0.15, 0.2) is 24.3 Å². The molecule has 3 heteroatoms. The van der Waals surface area contributed by atoms with E-state index in [-0.39, 0.29) is 24.1 Å². The van der Waals surface area contributed by atoms with Crippen molar-refractivity contribution in [3.8, 4) is 0 Å². The Kier molecular flexibility index (Phi) is 8.55. The normalized spacial score (nSPS) is 15.7. The molecule has 120 valence electrons. The van der Waals surface area contributed by atoms with Crippen LogP contribution in [-0.2, 0) is 4.74 Å². The zero-order valence-electron chi connectivity index (χ0n) is 13.6. The minimum Gasteiger partial charge on any atom is -0.369 e. The Hall–Kier alpha value is -0.930. The van der Waals surface area contributed by atoms with Gasteiger partial charge in [-0.3, -0.25) is 0 Å². The number of rotatable bonds is 10. The highest BCUT2D eigenvalue weighted by atomic mass is 19.1. The Morgan fingerprint density at radius 1 is 1.10 bits per heavy atom. The van der Waals surface area contributed by atoms with E-state index in [1.165, 1.54) is 37.8 Å². The molecule has 0 spiro atoms. The second-order valence-electron chi connectivity index (χ2n) is 5.84. The van der Waals surface area contributed by atoms with E-state index < -0.39 is 0 Å². The fourth-order valence-electron chi connectivity index (χ4n) is 2.47. The van der Waals surface area contributed by atoms with Crippen LogP contribution in [0.25, 0.3) is 0 Å². The SMILES string of the molecule is CCCCCCC(C)OC(c1ccc(F)cc1)C(N)CC. The maximum Gasteiger partial charge on any atom is 0.123 e. The molecule has 1 rings (SSSR count). The molecule has 1 aromatic rings. The lowest BCUT2D eigenvalue weighted by Crippen LogP contribution is -2.31. The highest BCUT2D eigenvalue weighted by Gasteiger charge is 2.21. The van der Waals surface area contributed by atoms with Gasteiger partial charge in [-0.2, -0.15) is 0 Å². The summed E-state index contributed by atoms with van der Waals surface area (Å²) in [6.45, 7) is 6.37. The number of ether oxygens (including phenoxy) is 1. The van der Waals surface area contributed by atoms with Crippen molar-refractivity contribution in [2.75, 3.05) is 0 Å². The summed E-state index contributed by atoms with van der Waals surface area (Å²) in [7, 11) is 0. The van der Waals surface area contributed by atoms with Crippen LogP contribution >= 0.6 is 0 Å². The van der Waals surface area contributed by atoms with Gasteiger partial charge >= 0.3 is 0 Å². The van der Waals surface area contributed by atoms with Gasteiger partial charge in [0.25, 0.3) is 0 Å². The van der Waals surface area contributed by atoms with Gasteiger partial charge in [0.15, 0.2) is 0 Å². The lowest BCUT2D eigenvalue weighted by Gasteiger charge is -2.27. The molecule has 0 amide bonds. The van der Waals surface area contributed by atoms with E-state index in [9.17, 15) is 4.39 Å². The van der Waals surface area contributed by atoms with Crippen molar-refractivity contribution in [3.05, 3.63) is 35.6 Å². The summed E-state index contributed by atoms with van der Waals surface area (Å²) in [5.41, 5.74) is 7.16. The van der Waals surface area contributed by atoms with Gasteiger partial charge in [0.2, 0.25) is 0 Å². The molecule has 2 N–H and O–H groups in total. The maximum atomic E-state index is 13.1. The zero-order valence-corrected chi connectivity index (χ0v) is 13.6. The van der Waals surface area contributed by atoms with Crippen LogP contribution in [0.2, 0.25) is 0 Å². The second kappa shape index (κ2) is 9.91. The third-order valence-electron chi connectivity index (χ3n) is 3.90. The van der Waals surface area contributed by atoms with Gasteiger partial charge in [0.1, 0.15) is 5.82 Å². The Labute approximate surface area is 128 Å². The third-order valence-corrected chi connectivity index (χ3v) is 3.90. The second-order valence-corrected chi connectivity index (χ2v) is 5.84. The summed E-state index contributed by atoms with van der Waals surface area (Å²) in [4.78, 5) is 0. The van der Waals surface area contributed by atoms with E-state index >= 15 is 0 Å². The highest BCUT2D eigenvalue weighted by molar-refractivity contribution is 5.20. The number of benzene rings is 1. The molecule has 0 aliphatic carbocycles. The Morgan fingerprint density at radius 3 is 2.33 bits per heavy atom. The summed E-state index contributed by atoms with van der Waals surface area (Å²) in [6.07, 6.45) is 6.87. The van der Waals surface area contributed by atoms with Crippen LogP contribution in [-0.4, -0.2) is 12.1 Å². The number of unbranched alkanes of at least 4 members (excludes halogenated alkanes) is 3. The third kappa shape index (κ3) is 6.58. The molecule has 0 radical (unpaired) electrons. The first-order valence-electron chi connectivity index (χ1n) is 8.25. The van der Waals surface area contributed by atoms with Crippen LogP contribution in [0.3, 0.4) is 0 Å². The quantitative estimate of drug-likeness (QED) is 0.618. The fourth-order valence-corrected chi connectivity index (χ4v) is 2.47. The van der Waals surface area contributed by atoms with Crippen molar-refractivity contribution in [3.63, 3.8) is 0 Å². The topological polar surface area (TPSA) is 35.2 Å². The molecule has 0 aromatic heterocycles. The number of hydrogen-bond acceptors (Lipinski definition) is 2. The first kappa shape index (κ1) is 18.1. The molecule has 0 saturated heterocycles. The lowest BCUT2D eigenvalue weighted by molar-refractivity contribution is -0.0230.